The molecule has 0 aromatic heterocycles. The number of benzene rings is 1. The summed E-state index contributed by atoms with van der Waals surface area (Å²) in [5, 5.41) is 0. The molecule has 1 aliphatic rings. The summed E-state index contributed by atoms with van der Waals surface area (Å²) >= 11 is 0. The number of carbonyl (C=O) groups excluding carboxylic acids is 1. The van der Waals surface area contributed by atoms with Crippen molar-refractivity contribution in [1.82, 2.24) is 4.72 Å². The average Bonchev–Trinajstić information content (AvgIpc) is 3.17. The second-order valence-corrected chi connectivity index (χ2v) is 7.03. The van der Waals surface area contributed by atoms with Crippen molar-refractivity contribution in [1.29, 1.82) is 0 Å². The van der Waals surface area contributed by atoms with Gasteiger partial charge in [0.2, 0.25) is 10.0 Å². The van der Waals surface area contributed by atoms with Crippen LogP contribution in [-0.4, -0.2) is 20.7 Å². The molecule has 1 aromatic carbocycles. The molecular formula is C14H19NO3S. The molecule has 1 aliphatic carbocycles. The largest absolute Gasteiger partial charge is 0.295 e. The lowest BCUT2D eigenvalue weighted by atomic mass is 10.1. The van der Waals surface area contributed by atoms with E-state index in [1.54, 1.807) is 12.1 Å². The lowest BCUT2D eigenvalue weighted by molar-refractivity contribution is 0.101. The van der Waals surface area contributed by atoms with Gasteiger partial charge in [-0.25, -0.2) is 13.1 Å². The van der Waals surface area contributed by atoms with Gasteiger partial charge in [-0.3, -0.25) is 4.79 Å². The molecule has 0 amide bonds. The minimum absolute atomic E-state index is 0.135. The van der Waals surface area contributed by atoms with Gasteiger partial charge in [-0.15, -0.1) is 0 Å². The Balaban J connectivity index is 2.15. The Morgan fingerprint density at radius 2 is 2.05 bits per heavy atom. The quantitative estimate of drug-likeness (QED) is 0.814. The summed E-state index contributed by atoms with van der Waals surface area (Å²) in [6, 6.07) is 6.16. The molecular weight excluding hydrogens is 262 g/mol. The highest BCUT2D eigenvalue weighted by Crippen LogP contribution is 2.48. The highest BCUT2D eigenvalue weighted by Gasteiger charge is 2.41. The van der Waals surface area contributed by atoms with Crippen molar-refractivity contribution in [3.05, 3.63) is 29.8 Å². The Hall–Kier alpha value is -1.20. The smallest absolute Gasteiger partial charge is 0.240 e. The Bertz CT molecular complexity index is 588. The van der Waals surface area contributed by atoms with Gasteiger partial charge in [0.1, 0.15) is 0 Å². The molecule has 104 valence electrons. The first-order valence-electron chi connectivity index (χ1n) is 6.49. The fraction of sp³-hybridized carbons (Fsp3) is 0.500. The van der Waals surface area contributed by atoms with E-state index in [1.165, 1.54) is 19.1 Å². The zero-order valence-corrected chi connectivity index (χ0v) is 12.1. The van der Waals surface area contributed by atoms with Crippen molar-refractivity contribution in [3.63, 3.8) is 0 Å². The summed E-state index contributed by atoms with van der Waals surface area (Å²) in [7, 11) is -3.52. The average molecular weight is 281 g/mol. The van der Waals surface area contributed by atoms with Crippen LogP contribution in [0.2, 0.25) is 0 Å². The number of carbonyl (C=O) groups is 1. The van der Waals surface area contributed by atoms with E-state index in [-0.39, 0.29) is 16.1 Å². The second-order valence-electron chi connectivity index (χ2n) is 5.26. The molecule has 0 saturated heterocycles. The Kier molecular flexibility index (Phi) is 3.78. The highest BCUT2D eigenvalue weighted by molar-refractivity contribution is 7.89. The van der Waals surface area contributed by atoms with Gasteiger partial charge < -0.3 is 0 Å². The lowest BCUT2D eigenvalue weighted by Gasteiger charge is -2.14. The minimum atomic E-state index is -3.52. The van der Waals surface area contributed by atoms with E-state index in [2.05, 4.69) is 11.6 Å². The third-order valence-corrected chi connectivity index (χ3v) is 5.29. The zero-order valence-electron chi connectivity index (χ0n) is 11.3. The van der Waals surface area contributed by atoms with Gasteiger partial charge in [0.05, 0.1) is 4.90 Å². The third-order valence-electron chi connectivity index (χ3n) is 3.90. The second kappa shape index (κ2) is 5.06. The Labute approximate surface area is 114 Å². The Morgan fingerprint density at radius 3 is 2.58 bits per heavy atom. The number of ketones is 1. The molecule has 19 heavy (non-hydrogen) atoms. The van der Waals surface area contributed by atoms with Crippen molar-refractivity contribution in [2.75, 3.05) is 6.54 Å². The van der Waals surface area contributed by atoms with Crippen LogP contribution in [0.5, 0.6) is 0 Å². The van der Waals surface area contributed by atoms with Crippen LogP contribution < -0.4 is 4.72 Å². The van der Waals surface area contributed by atoms with Crippen LogP contribution in [0, 0.1) is 5.41 Å². The van der Waals surface area contributed by atoms with E-state index in [1.807, 2.05) is 0 Å². The molecule has 4 nitrogen and oxygen atoms in total. The fourth-order valence-corrected chi connectivity index (χ4v) is 3.25. The van der Waals surface area contributed by atoms with Gasteiger partial charge in [-0.2, -0.15) is 0 Å². The molecule has 1 saturated carbocycles. The number of nitrogens with one attached hydrogen (secondary N) is 1. The first kappa shape index (κ1) is 14.2. The SMILES string of the molecule is CCC1(CNS(=O)(=O)c2cccc(C(C)=O)c2)CC1. The molecule has 1 fully saturated rings. The maximum atomic E-state index is 12.2. The predicted molar refractivity (Wildman–Crippen MR) is 73.6 cm³/mol. The normalized spacial score (nSPS) is 17.2. The molecule has 0 spiro atoms. The molecule has 0 bridgehead atoms. The number of rotatable bonds is 6. The molecule has 0 heterocycles. The molecule has 1 aromatic rings. The molecule has 0 aliphatic heterocycles. The van der Waals surface area contributed by atoms with Crippen LogP contribution in [0.15, 0.2) is 29.2 Å². The maximum Gasteiger partial charge on any atom is 0.240 e. The van der Waals surface area contributed by atoms with Crippen molar-refractivity contribution >= 4 is 15.8 Å². The maximum absolute atomic E-state index is 12.2. The van der Waals surface area contributed by atoms with Crippen molar-refractivity contribution in [2.45, 2.75) is 38.0 Å². The van der Waals surface area contributed by atoms with Crippen LogP contribution in [-0.2, 0) is 10.0 Å². The fourth-order valence-electron chi connectivity index (χ4n) is 2.05. The van der Waals surface area contributed by atoms with Crippen molar-refractivity contribution in [3.8, 4) is 0 Å². The highest BCUT2D eigenvalue weighted by atomic mass is 32.2. The minimum Gasteiger partial charge on any atom is -0.295 e. The van der Waals surface area contributed by atoms with Crippen LogP contribution in [0.4, 0.5) is 0 Å². The van der Waals surface area contributed by atoms with Crippen LogP contribution >= 0.6 is 0 Å². The monoisotopic (exact) mass is 281 g/mol. The van der Waals surface area contributed by atoms with Crippen LogP contribution in [0.25, 0.3) is 0 Å². The standard InChI is InChI=1S/C14H19NO3S/c1-3-14(7-8-14)10-15-19(17,18)13-6-4-5-12(9-13)11(2)16/h4-6,9,15H,3,7-8,10H2,1-2H3. The lowest BCUT2D eigenvalue weighted by Crippen LogP contribution is -2.30. The van der Waals surface area contributed by atoms with Gasteiger partial charge in [0.15, 0.2) is 5.78 Å². The summed E-state index contributed by atoms with van der Waals surface area (Å²) in [4.78, 5) is 11.4. The topological polar surface area (TPSA) is 63.2 Å². The molecule has 0 atom stereocenters. The third kappa shape index (κ3) is 3.22. The summed E-state index contributed by atoms with van der Waals surface area (Å²) in [5.41, 5.74) is 0.574. The van der Waals surface area contributed by atoms with Crippen LogP contribution in [0.3, 0.4) is 0 Å². The van der Waals surface area contributed by atoms with Crippen molar-refractivity contribution < 1.29 is 13.2 Å². The number of sulfonamides is 1. The van der Waals surface area contributed by atoms with E-state index >= 15 is 0 Å². The van der Waals surface area contributed by atoms with E-state index in [0.29, 0.717) is 12.1 Å². The summed E-state index contributed by atoms with van der Waals surface area (Å²) in [6.07, 6.45) is 3.15. The van der Waals surface area contributed by atoms with Gasteiger partial charge >= 0.3 is 0 Å². The van der Waals surface area contributed by atoms with Crippen LogP contribution in [0.1, 0.15) is 43.5 Å². The number of hydrogen-bond acceptors (Lipinski definition) is 3. The number of hydrogen-bond donors (Lipinski definition) is 1. The van der Waals surface area contributed by atoms with Crippen molar-refractivity contribution in [2.24, 2.45) is 5.41 Å². The molecule has 1 N–H and O–H groups in total. The molecule has 0 radical (unpaired) electrons. The van der Waals surface area contributed by atoms with Gasteiger partial charge in [-0.05, 0) is 43.7 Å². The Morgan fingerprint density at radius 1 is 1.37 bits per heavy atom. The zero-order chi connectivity index (χ0) is 14.1. The van der Waals surface area contributed by atoms with E-state index in [4.69, 9.17) is 0 Å². The van der Waals surface area contributed by atoms with Gasteiger partial charge in [-0.1, -0.05) is 19.1 Å². The number of Topliss-reactive ketones (excluding diaryl/α,β-unsaturated/α-hetero) is 1. The van der Waals surface area contributed by atoms with E-state index in [9.17, 15) is 13.2 Å². The van der Waals surface area contributed by atoms with Gasteiger partial charge in [0.25, 0.3) is 0 Å². The first-order chi connectivity index (χ1) is 8.88. The van der Waals surface area contributed by atoms with E-state index in [0.717, 1.165) is 19.3 Å². The first-order valence-corrected chi connectivity index (χ1v) is 7.98. The van der Waals surface area contributed by atoms with Gasteiger partial charge in [0, 0.05) is 12.1 Å². The molecule has 2 rings (SSSR count). The molecule has 0 unspecified atom stereocenters. The summed E-state index contributed by atoms with van der Waals surface area (Å²) in [6.45, 7) is 3.99. The summed E-state index contributed by atoms with van der Waals surface area (Å²) in [5.74, 6) is -0.135. The molecule has 5 heteroatoms. The van der Waals surface area contributed by atoms with E-state index < -0.39 is 10.0 Å². The predicted octanol–water partition coefficient (Wildman–Crippen LogP) is 2.36. The summed E-state index contributed by atoms with van der Waals surface area (Å²) < 4.78 is 27.0.